The minimum Gasteiger partial charge on any atom is -0.325 e. The van der Waals surface area contributed by atoms with Gasteiger partial charge in [0, 0.05) is 18.8 Å². The van der Waals surface area contributed by atoms with Crippen molar-refractivity contribution in [1.29, 1.82) is 0 Å². The molecule has 1 aliphatic heterocycles. The lowest BCUT2D eigenvalue weighted by Gasteiger charge is -2.19. The van der Waals surface area contributed by atoms with Gasteiger partial charge in [0.1, 0.15) is 0 Å². The van der Waals surface area contributed by atoms with E-state index in [1.54, 1.807) is 12.1 Å². The number of carbonyl (C=O) groups excluding carboxylic acids is 1. The molecule has 0 spiro atoms. The van der Waals surface area contributed by atoms with Gasteiger partial charge in [0.25, 0.3) is 0 Å². The molecule has 1 heterocycles. The van der Waals surface area contributed by atoms with Gasteiger partial charge in [-0.15, -0.1) is 0 Å². The summed E-state index contributed by atoms with van der Waals surface area (Å²) in [5.74, 6) is 0.0481. The van der Waals surface area contributed by atoms with Crippen LogP contribution in [0.4, 0.5) is 18.9 Å². The van der Waals surface area contributed by atoms with E-state index in [-0.39, 0.29) is 24.9 Å². The van der Waals surface area contributed by atoms with Crippen LogP contribution in [-0.4, -0.2) is 23.5 Å². The number of nitrogens with one attached hydrogen (secondary N) is 1. The van der Waals surface area contributed by atoms with E-state index in [9.17, 15) is 18.0 Å². The molecule has 3 nitrogen and oxygen atoms in total. The zero-order chi connectivity index (χ0) is 19.0. The Morgan fingerprint density at radius 3 is 2.48 bits per heavy atom. The molecule has 1 N–H and O–H groups in total. The van der Waals surface area contributed by atoms with E-state index >= 15 is 0 Å². The first-order valence-corrected chi connectivity index (χ1v) is 9.16. The zero-order valence-electron chi connectivity index (χ0n) is 14.8. The van der Waals surface area contributed by atoms with Gasteiger partial charge in [0.05, 0.1) is 12.5 Å². The first kappa shape index (κ1) is 18.0. The molecule has 1 unspecified atom stereocenters. The number of fused-ring (bicyclic) bond motifs is 1. The van der Waals surface area contributed by atoms with Gasteiger partial charge in [-0.1, -0.05) is 42.5 Å². The average molecular weight is 374 g/mol. The summed E-state index contributed by atoms with van der Waals surface area (Å²) in [6.45, 7) is -0.488. The van der Waals surface area contributed by atoms with Crippen molar-refractivity contribution in [3.8, 4) is 0 Å². The zero-order valence-corrected chi connectivity index (χ0v) is 14.8. The second kappa shape index (κ2) is 7.00. The molecule has 0 radical (unpaired) electrons. The van der Waals surface area contributed by atoms with Gasteiger partial charge in [-0.2, -0.15) is 13.2 Å². The number of alkyl halides is 3. The minimum atomic E-state index is -4.23. The molecule has 1 fully saturated rings. The molecule has 2 aromatic carbocycles. The SMILES string of the molecule is O=C(Nc1cccc2c1CN(CC(F)(F)F)C2)C(c1ccccc1)C1CC1. The molecule has 2 aromatic rings. The number of nitrogens with zero attached hydrogens (tertiary/aromatic N) is 1. The second-order valence-corrected chi connectivity index (χ2v) is 7.42. The molecular formula is C21H21F3N2O. The molecule has 1 amide bonds. The van der Waals surface area contributed by atoms with Crippen LogP contribution in [0.1, 0.15) is 35.4 Å². The molecule has 0 bridgehead atoms. The van der Waals surface area contributed by atoms with Crippen molar-refractivity contribution in [2.45, 2.75) is 38.0 Å². The summed E-state index contributed by atoms with van der Waals surface area (Å²) < 4.78 is 38.2. The largest absolute Gasteiger partial charge is 0.401 e. The fraction of sp³-hybridized carbons (Fsp3) is 0.381. The number of amides is 1. The van der Waals surface area contributed by atoms with Crippen LogP contribution in [0, 0.1) is 5.92 Å². The number of carbonyl (C=O) groups is 1. The Kier molecular flexibility index (Phi) is 4.68. The summed E-state index contributed by atoms with van der Waals surface area (Å²) in [4.78, 5) is 14.4. The van der Waals surface area contributed by atoms with Crippen LogP contribution in [0.15, 0.2) is 48.5 Å². The Balaban J connectivity index is 1.52. The minimum absolute atomic E-state index is 0.0774. The lowest BCUT2D eigenvalue weighted by molar-refractivity contribution is -0.147. The van der Waals surface area contributed by atoms with E-state index in [4.69, 9.17) is 0 Å². The third-order valence-electron chi connectivity index (χ3n) is 5.24. The first-order chi connectivity index (χ1) is 12.9. The Labute approximate surface area is 156 Å². The van der Waals surface area contributed by atoms with Crippen LogP contribution < -0.4 is 5.32 Å². The molecule has 1 aliphatic carbocycles. The number of benzene rings is 2. The maximum Gasteiger partial charge on any atom is 0.401 e. The molecule has 142 valence electrons. The van der Waals surface area contributed by atoms with Gasteiger partial charge in [0.2, 0.25) is 5.91 Å². The maximum absolute atomic E-state index is 13.0. The Hall–Kier alpha value is -2.34. The van der Waals surface area contributed by atoms with Gasteiger partial charge in [-0.25, -0.2) is 0 Å². The van der Waals surface area contributed by atoms with Crippen LogP contribution in [-0.2, 0) is 17.9 Å². The Morgan fingerprint density at radius 2 is 1.81 bits per heavy atom. The average Bonchev–Trinajstić information content (AvgIpc) is 3.34. The van der Waals surface area contributed by atoms with E-state index in [0.717, 1.165) is 29.5 Å². The summed E-state index contributed by atoms with van der Waals surface area (Å²) in [5.41, 5.74) is 3.25. The molecule has 2 aliphatic rings. The standard InChI is InChI=1S/C21H21F3N2O/c22-21(23,24)13-26-11-16-7-4-8-18(17(16)12-26)25-20(27)19(15-9-10-15)14-5-2-1-3-6-14/h1-8,15,19H,9-13H2,(H,25,27). The highest BCUT2D eigenvalue weighted by atomic mass is 19.4. The fourth-order valence-corrected chi connectivity index (χ4v) is 3.91. The summed E-state index contributed by atoms with van der Waals surface area (Å²) in [6, 6.07) is 15.1. The maximum atomic E-state index is 13.0. The van der Waals surface area contributed by atoms with Crippen molar-refractivity contribution in [3.05, 3.63) is 65.2 Å². The number of hydrogen-bond acceptors (Lipinski definition) is 2. The number of halogens is 3. The molecular weight excluding hydrogens is 353 g/mol. The molecule has 0 saturated heterocycles. The van der Waals surface area contributed by atoms with E-state index in [1.807, 2.05) is 36.4 Å². The summed E-state index contributed by atoms with van der Waals surface area (Å²) in [5, 5.41) is 3.00. The fourth-order valence-electron chi connectivity index (χ4n) is 3.91. The molecule has 1 saturated carbocycles. The highest BCUT2D eigenvalue weighted by molar-refractivity contribution is 5.97. The van der Waals surface area contributed by atoms with Gasteiger partial charge in [-0.05, 0) is 41.5 Å². The van der Waals surface area contributed by atoms with Crippen molar-refractivity contribution in [2.24, 2.45) is 5.92 Å². The van der Waals surface area contributed by atoms with E-state index in [0.29, 0.717) is 11.6 Å². The second-order valence-electron chi connectivity index (χ2n) is 7.42. The lowest BCUT2D eigenvalue weighted by Crippen LogP contribution is -2.30. The van der Waals surface area contributed by atoms with E-state index in [1.165, 1.54) is 4.90 Å². The van der Waals surface area contributed by atoms with Gasteiger partial charge in [0.15, 0.2) is 0 Å². The molecule has 6 heteroatoms. The molecule has 4 rings (SSSR count). The third kappa shape index (κ3) is 4.16. The third-order valence-corrected chi connectivity index (χ3v) is 5.24. The Morgan fingerprint density at radius 1 is 1.07 bits per heavy atom. The highest BCUT2D eigenvalue weighted by Crippen LogP contribution is 2.43. The highest BCUT2D eigenvalue weighted by Gasteiger charge is 2.38. The van der Waals surface area contributed by atoms with Gasteiger partial charge < -0.3 is 5.32 Å². The first-order valence-electron chi connectivity index (χ1n) is 9.16. The normalized spacial score (nSPS) is 18.2. The lowest BCUT2D eigenvalue weighted by atomic mass is 9.93. The number of anilines is 1. The van der Waals surface area contributed by atoms with E-state index < -0.39 is 12.7 Å². The predicted molar refractivity (Wildman–Crippen MR) is 97.1 cm³/mol. The van der Waals surface area contributed by atoms with Crippen LogP contribution in [0.3, 0.4) is 0 Å². The molecule has 0 aromatic heterocycles. The monoisotopic (exact) mass is 374 g/mol. The van der Waals surface area contributed by atoms with Crippen molar-refractivity contribution >= 4 is 11.6 Å². The van der Waals surface area contributed by atoms with Crippen molar-refractivity contribution in [1.82, 2.24) is 4.90 Å². The number of rotatable bonds is 5. The topological polar surface area (TPSA) is 32.3 Å². The molecule has 27 heavy (non-hydrogen) atoms. The summed E-state index contributed by atoms with van der Waals surface area (Å²) in [7, 11) is 0. The van der Waals surface area contributed by atoms with Crippen LogP contribution in [0.25, 0.3) is 0 Å². The Bertz CT molecular complexity index is 831. The summed E-state index contributed by atoms with van der Waals surface area (Å²) in [6.07, 6.45) is -2.17. The smallest absolute Gasteiger partial charge is 0.325 e. The summed E-state index contributed by atoms with van der Waals surface area (Å²) >= 11 is 0. The van der Waals surface area contributed by atoms with Crippen LogP contribution in [0.2, 0.25) is 0 Å². The van der Waals surface area contributed by atoms with Gasteiger partial charge >= 0.3 is 6.18 Å². The molecule has 1 atom stereocenters. The van der Waals surface area contributed by atoms with Crippen LogP contribution in [0.5, 0.6) is 0 Å². The van der Waals surface area contributed by atoms with E-state index in [2.05, 4.69) is 5.32 Å². The quantitative estimate of drug-likeness (QED) is 0.823. The van der Waals surface area contributed by atoms with Crippen LogP contribution >= 0.6 is 0 Å². The number of hydrogen-bond donors (Lipinski definition) is 1. The predicted octanol–water partition coefficient (Wildman–Crippen LogP) is 4.70. The van der Waals surface area contributed by atoms with Crippen molar-refractivity contribution in [3.63, 3.8) is 0 Å². The van der Waals surface area contributed by atoms with Crippen molar-refractivity contribution in [2.75, 3.05) is 11.9 Å². The van der Waals surface area contributed by atoms with Gasteiger partial charge in [-0.3, -0.25) is 9.69 Å². The van der Waals surface area contributed by atoms with Crippen molar-refractivity contribution < 1.29 is 18.0 Å².